The molecule has 0 radical (unpaired) electrons. The molecule has 0 heterocycles. The summed E-state index contributed by atoms with van der Waals surface area (Å²) < 4.78 is 0. The number of hydrogen-bond acceptors (Lipinski definition) is 2. The summed E-state index contributed by atoms with van der Waals surface area (Å²) in [6.07, 6.45) is 6.12. The van der Waals surface area contributed by atoms with Crippen LogP contribution in [0.3, 0.4) is 0 Å². The molecular formula is C8H13NO2. The predicted molar refractivity (Wildman–Crippen MR) is 45.0 cm³/mol. The Morgan fingerprint density at radius 3 is 2.82 bits per heavy atom. The van der Waals surface area contributed by atoms with Crippen LogP contribution < -0.4 is 0 Å². The molecule has 1 N–H and O–H groups in total. The summed E-state index contributed by atoms with van der Waals surface area (Å²) in [5.74, 6) is -0.897. The zero-order valence-corrected chi connectivity index (χ0v) is 6.82. The van der Waals surface area contributed by atoms with Gasteiger partial charge in [0, 0.05) is 6.21 Å². The van der Waals surface area contributed by atoms with Gasteiger partial charge in [0.05, 0.1) is 0 Å². The Morgan fingerprint density at radius 2 is 2.36 bits per heavy atom. The monoisotopic (exact) mass is 155 g/mol. The second-order valence-corrected chi connectivity index (χ2v) is 2.15. The Bertz CT molecular complexity index is 173. The van der Waals surface area contributed by atoms with Crippen molar-refractivity contribution in [2.45, 2.75) is 26.3 Å². The summed E-state index contributed by atoms with van der Waals surface area (Å²) in [6.45, 7) is 3.55. The first-order chi connectivity index (χ1) is 5.18. The third-order valence-electron chi connectivity index (χ3n) is 1.12. The van der Waals surface area contributed by atoms with E-state index in [1.54, 1.807) is 13.0 Å². The average molecular weight is 155 g/mol. The first-order valence-electron chi connectivity index (χ1n) is 3.59. The van der Waals surface area contributed by atoms with Gasteiger partial charge in [-0.3, -0.25) is 4.99 Å². The minimum absolute atomic E-state index is 0.642. The molecule has 1 unspecified atom stereocenters. The largest absolute Gasteiger partial charge is 0.480 e. The third-order valence-corrected chi connectivity index (χ3v) is 1.12. The summed E-state index contributed by atoms with van der Waals surface area (Å²) in [6, 6.07) is -0.642. The van der Waals surface area contributed by atoms with E-state index in [0.717, 1.165) is 6.42 Å². The van der Waals surface area contributed by atoms with E-state index < -0.39 is 12.0 Å². The van der Waals surface area contributed by atoms with Crippen LogP contribution in [-0.4, -0.2) is 23.3 Å². The van der Waals surface area contributed by atoms with Crippen LogP contribution in [0.1, 0.15) is 20.3 Å². The Hall–Kier alpha value is -1.12. The molecule has 0 bridgehead atoms. The highest BCUT2D eigenvalue weighted by Crippen LogP contribution is 1.87. The number of rotatable bonds is 4. The van der Waals surface area contributed by atoms with Gasteiger partial charge in [-0.25, -0.2) is 4.79 Å². The van der Waals surface area contributed by atoms with Crippen molar-refractivity contribution in [3.05, 3.63) is 12.2 Å². The topological polar surface area (TPSA) is 49.7 Å². The van der Waals surface area contributed by atoms with Crippen molar-refractivity contribution in [1.29, 1.82) is 0 Å². The van der Waals surface area contributed by atoms with Gasteiger partial charge in [0.15, 0.2) is 0 Å². The minimum atomic E-state index is -0.897. The minimum Gasteiger partial charge on any atom is -0.480 e. The molecule has 3 heteroatoms. The maximum atomic E-state index is 10.2. The lowest BCUT2D eigenvalue weighted by molar-refractivity contribution is -0.137. The Balaban J connectivity index is 3.74. The highest BCUT2D eigenvalue weighted by atomic mass is 16.4. The van der Waals surface area contributed by atoms with Crippen LogP contribution in [0.15, 0.2) is 17.1 Å². The van der Waals surface area contributed by atoms with Crippen LogP contribution in [0.25, 0.3) is 0 Å². The number of aliphatic carboxylic acids is 1. The fourth-order valence-corrected chi connectivity index (χ4v) is 0.439. The van der Waals surface area contributed by atoms with E-state index in [9.17, 15) is 4.79 Å². The van der Waals surface area contributed by atoms with E-state index in [1.165, 1.54) is 6.21 Å². The molecule has 0 aliphatic rings. The van der Waals surface area contributed by atoms with Crippen LogP contribution in [0.5, 0.6) is 0 Å². The van der Waals surface area contributed by atoms with E-state index >= 15 is 0 Å². The molecule has 11 heavy (non-hydrogen) atoms. The molecule has 0 aliphatic heterocycles. The van der Waals surface area contributed by atoms with Gasteiger partial charge in [-0.05, 0) is 19.4 Å². The smallest absolute Gasteiger partial charge is 0.328 e. The number of aliphatic imine (C=N–C) groups is 1. The normalized spacial score (nSPS) is 14.4. The molecule has 0 aromatic carbocycles. The summed E-state index contributed by atoms with van der Waals surface area (Å²) >= 11 is 0. The van der Waals surface area contributed by atoms with Gasteiger partial charge >= 0.3 is 5.97 Å². The molecule has 0 aromatic rings. The number of carboxylic acids is 1. The molecule has 0 saturated heterocycles. The molecular weight excluding hydrogens is 142 g/mol. The van der Waals surface area contributed by atoms with Crippen molar-refractivity contribution in [2.24, 2.45) is 4.99 Å². The van der Waals surface area contributed by atoms with E-state index in [1.807, 2.05) is 13.0 Å². The standard InChI is InChI=1S/C8H13NO2/c1-3-4-5-6-9-7(2)8(10)11/h4-7H,3H2,1-2H3,(H,10,11)/b5-4-,9-6?. The van der Waals surface area contributed by atoms with Crippen LogP contribution in [0, 0.1) is 0 Å². The van der Waals surface area contributed by atoms with Gasteiger partial charge in [0.2, 0.25) is 0 Å². The Labute approximate surface area is 66.5 Å². The fourth-order valence-electron chi connectivity index (χ4n) is 0.439. The molecule has 0 fully saturated rings. The Morgan fingerprint density at radius 1 is 1.73 bits per heavy atom. The fraction of sp³-hybridized carbons (Fsp3) is 0.500. The molecule has 0 saturated carbocycles. The van der Waals surface area contributed by atoms with Crippen molar-refractivity contribution >= 4 is 12.2 Å². The highest BCUT2D eigenvalue weighted by Gasteiger charge is 2.05. The quantitative estimate of drug-likeness (QED) is 0.625. The Kier molecular flexibility index (Phi) is 5.07. The number of allylic oxidation sites excluding steroid dienone is 2. The SMILES string of the molecule is CC/C=C\C=NC(C)C(=O)O. The lowest BCUT2D eigenvalue weighted by Crippen LogP contribution is -2.12. The van der Waals surface area contributed by atoms with Crippen molar-refractivity contribution < 1.29 is 9.90 Å². The average Bonchev–Trinajstić information content (AvgIpc) is 1.97. The van der Waals surface area contributed by atoms with Crippen molar-refractivity contribution in [2.75, 3.05) is 0 Å². The van der Waals surface area contributed by atoms with E-state index in [-0.39, 0.29) is 0 Å². The molecule has 0 aliphatic carbocycles. The lowest BCUT2D eigenvalue weighted by atomic mass is 10.3. The van der Waals surface area contributed by atoms with E-state index in [4.69, 9.17) is 5.11 Å². The molecule has 62 valence electrons. The number of carboxylic acid groups (broad SMARTS) is 1. The second-order valence-electron chi connectivity index (χ2n) is 2.15. The summed E-state index contributed by atoms with van der Waals surface area (Å²) in [7, 11) is 0. The van der Waals surface area contributed by atoms with Crippen molar-refractivity contribution in [1.82, 2.24) is 0 Å². The molecule has 0 rings (SSSR count). The maximum Gasteiger partial charge on any atom is 0.328 e. The van der Waals surface area contributed by atoms with Crippen LogP contribution in [-0.2, 0) is 4.79 Å². The molecule has 1 atom stereocenters. The van der Waals surface area contributed by atoms with Gasteiger partial charge < -0.3 is 5.11 Å². The first kappa shape index (κ1) is 9.88. The van der Waals surface area contributed by atoms with Gasteiger partial charge in [0.25, 0.3) is 0 Å². The van der Waals surface area contributed by atoms with Crippen LogP contribution in [0.4, 0.5) is 0 Å². The van der Waals surface area contributed by atoms with E-state index in [0.29, 0.717) is 0 Å². The van der Waals surface area contributed by atoms with Crippen molar-refractivity contribution in [3.63, 3.8) is 0 Å². The van der Waals surface area contributed by atoms with Gasteiger partial charge in [-0.2, -0.15) is 0 Å². The third kappa shape index (κ3) is 5.33. The second kappa shape index (κ2) is 5.65. The van der Waals surface area contributed by atoms with Crippen LogP contribution >= 0.6 is 0 Å². The van der Waals surface area contributed by atoms with E-state index in [2.05, 4.69) is 4.99 Å². The van der Waals surface area contributed by atoms with Gasteiger partial charge in [0.1, 0.15) is 6.04 Å². The highest BCUT2D eigenvalue weighted by molar-refractivity contribution is 5.78. The van der Waals surface area contributed by atoms with Gasteiger partial charge in [-0.15, -0.1) is 0 Å². The number of hydrogen-bond donors (Lipinski definition) is 1. The molecule has 0 amide bonds. The molecule has 0 spiro atoms. The lowest BCUT2D eigenvalue weighted by Gasteiger charge is -1.94. The summed E-state index contributed by atoms with van der Waals surface area (Å²) in [4.78, 5) is 14.0. The predicted octanol–water partition coefficient (Wildman–Crippen LogP) is 1.50. The summed E-state index contributed by atoms with van der Waals surface area (Å²) in [5.41, 5.74) is 0. The maximum absolute atomic E-state index is 10.2. The van der Waals surface area contributed by atoms with Gasteiger partial charge in [-0.1, -0.05) is 13.0 Å². The zero-order chi connectivity index (χ0) is 8.69. The molecule has 3 nitrogen and oxygen atoms in total. The first-order valence-corrected chi connectivity index (χ1v) is 3.59. The number of carbonyl (C=O) groups is 1. The molecule has 0 aromatic heterocycles. The number of nitrogens with zero attached hydrogens (tertiary/aromatic N) is 1. The van der Waals surface area contributed by atoms with Crippen LogP contribution in [0.2, 0.25) is 0 Å². The zero-order valence-electron chi connectivity index (χ0n) is 6.82. The van der Waals surface area contributed by atoms with Crippen molar-refractivity contribution in [3.8, 4) is 0 Å². The summed E-state index contributed by atoms with van der Waals surface area (Å²) in [5, 5.41) is 8.40.